The zero-order chi connectivity index (χ0) is 15.3. The van der Waals surface area contributed by atoms with Crippen molar-refractivity contribution in [2.45, 2.75) is 83.8 Å². The van der Waals surface area contributed by atoms with Crippen LogP contribution in [0.25, 0.3) is 0 Å². The molecule has 2 rings (SSSR count). The number of piperidine rings is 1. The normalized spacial score (nSPS) is 27.7. The van der Waals surface area contributed by atoms with Crippen molar-refractivity contribution in [2.75, 3.05) is 32.7 Å². The van der Waals surface area contributed by atoms with Gasteiger partial charge in [-0.2, -0.15) is 0 Å². The first kappa shape index (κ1) is 17.2. The molecule has 1 unspecified atom stereocenters. The standard InChI is InChI=1S/C18H37N3/c1-5-11-20-12-6-7-16(8-13-20)19-17-9-14-21(15-10-17)18(2,3)4/h16-17,19H,5-15H2,1-4H3. The lowest BCUT2D eigenvalue weighted by Crippen LogP contribution is -2.51. The van der Waals surface area contributed by atoms with Crippen LogP contribution < -0.4 is 5.32 Å². The van der Waals surface area contributed by atoms with E-state index in [1.165, 1.54) is 71.2 Å². The topological polar surface area (TPSA) is 18.5 Å². The van der Waals surface area contributed by atoms with E-state index >= 15 is 0 Å². The summed E-state index contributed by atoms with van der Waals surface area (Å²) in [7, 11) is 0. The number of rotatable bonds is 4. The Morgan fingerprint density at radius 1 is 0.905 bits per heavy atom. The predicted molar refractivity (Wildman–Crippen MR) is 91.9 cm³/mol. The van der Waals surface area contributed by atoms with E-state index in [1.54, 1.807) is 0 Å². The zero-order valence-corrected chi connectivity index (χ0v) is 14.8. The highest BCUT2D eigenvalue weighted by Crippen LogP contribution is 2.21. The molecule has 124 valence electrons. The van der Waals surface area contributed by atoms with E-state index in [0.717, 1.165) is 12.1 Å². The highest BCUT2D eigenvalue weighted by Gasteiger charge is 2.28. The number of likely N-dealkylation sites (tertiary alicyclic amines) is 2. The van der Waals surface area contributed by atoms with Crippen LogP contribution in [0.3, 0.4) is 0 Å². The summed E-state index contributed by atoms with van der Waals surface area (Å²) in [5.74, 6) is 0. The molecule has 0 amide bonds. The lowest BCUT2D eigenvalue weighted by atomic mass is 9.97. The van der Waals surface area contributed by atoms with Gasteiger partial charge in [-0.15, -0.1) is 0 Å². The number of hydrogen-bond donors (Lipinski definition) is 1. The fraction of sp³-hybridized carbons (Fsp3) is 1.00. The lowest BCUT2D eigenvalue weighted by Gasteiger charge is -2.41. The molecular formula is C18H37N3. The summed E-state index contributed by atoms with van der Waals surface area (Å²) in [5.41, 5.74) is 0.341. The second-order valence-electron chi connectivity index (χ2n) is 8.07. The van der Waals surface area contributed by atoms with Crippen LogP contribution in [0.2, 0.25) is 0 Å². The van der Waals surface area contributed by atoms with E-state index in [0.29, 0.717) is 5.54 Å². The van der Waals surface area contributed by atoms with Crippen LogP contribution in [-0.4, -0.2) is 60.1 Å². The average molecular weight is 296 g/mol. The summed E-state index contributed by atoms with van der Waals surface area (Å²) in [5, 5.41) is 3.98. The van der Waals surface area contributed by atoms with Gasteiger partial charge in [-0.05, 0) is 78.9 Å². The van der Waals surface area contributed by atoms with Crippen molar-refractivity contribution >= 4 is 0 Å². The fourth-order valence-corrected chi connectivity index (χ4v) is 3.91. The molecule has 2 saturated heterocycles. The Hall–Kier alpha value is -0.120. The maximum Gasteiger partial charge on any atom is 0.0125 e. The molecule has 0 aromatic rings. The molecule has 2 fully saturated rings. The maximum atomic E-state index is 3.98. The molecule has 0 spiro atoms. The van der Waals surface area contributed by atoms with E-state index < -0.39 is 0 Å². The van der Waals surface area contributed by atoms with E-state index in [-0.39, 0.29) is 0 Å². The summed E-state index contributed by atoms with van der Waals surface area (Å²) in [4.78, 5) is 5.30. The summed E-state index contributed by atoms with van der Waals surface area (Å²) in [6.45, 7) is 15.7. The molecule has 0 aromatic carbocycles. The minimum Gasteiger partial charge on any atom is -0.311 e. The van der Waals surface area contributed by atoms with Crippen molar-refractivity contribution in [3.63, 3.8) is 0 Å². The van der Waals surface area contributed by atoms with Gasteiger partial charge < -0.3 is 10.2 Å². The van der Waals surface area contributed by atoms with Gasteiger partial charge in [0.25, 0.3) is 0 Å². The molecule has 0 radical (unpaired) electrons. The quantitative estimate of drug-likeness (QED) is 0.860. The van der Waals surface area contributed by atoms with Crippen LogP contribution in [0.4, 0.5) is 0 Å². The molecular weight excluding hydrogens is 258 g/mol. The second-order valence-corrected chi connectivity index (χ2v) is 8.07. The van der Waals surface area contributed by atoms with Crippen LogP contribution in [-0.2, 0) is 0 Å². The molecule has 2 heterocycles. The molecule has 3 heteroatoms. The van der Waals surface area contributed by atoms with E-state index in [4.69, 9.17) is 0 Å². The van der Waals surface area contributed by atoms with Crippen LogP contribution in [0.1, 0.15) is 66.2 Å². The van der Waals surface area contributed by atoms with Gasteiger partial charge in [-0.25, -0.2) is 0 Å². The van der Waals surface area contributed by atoms with Crippen molar-refractivity contribution < 1.29 is 0 Å². The van der Waals surface area contributed by atoms with E-state index in [9.17, 15) is 0 Å². The van der Waals surface area contributed by atoms with Gasteiger partial charge in [0.1, 0.15) is 0 Å². The number of nitrogens with zero attached hydrogens (tertiary/aromatic N) is 2. The third kappa shape index (κ3) is 5.54. The molecule has 0 aliphatic carbocycles. The third-order valence-electron chi connectivity index (χ3n) is 5.28. The van der Waals surface area contributed by atoms with Crippen LogP contribution in [0.15, 0.2) is 0 Å². The lowest BCUT2D eigenvalue weighted by molar-refractivity contribution is 0.0931. The Balaban J connectivity index is 1.71. The number of hydrogen-bond acceptors (Lipinski definition) is 3. The highest BCUT2D eigenvalue weighted by molar-refractivity contribution is 4.86. The predicted octanol–water partition coefficient (Wildman–Crippen LogP) is 3.10. The fourth-order valence-electron chi connectivity index (χ4n) is 3.91. The Morgan fingerprint density at radius 3 is 2.14 bits per heavy atom. The molecule has 2 aliphatic heterocycles. The molecule has 0 bridgehead atoms. The first-order valence-corrected chi connectivity index (χ1v) is 9.22. The minimum atomic E-state index is 0.341. The largest absolute Gasteiger partial charge is 0.311 e. The Bertz CT molecular complexity index is 289. The summed E-state index contributed by atoms with van der Waals surface area (Å²) in [6, 6.07) is 1.52. The van der Waals surface area contributed by atoms with Crippen molar-refractivity contribution in [3.05, 3.63) is 0 Å². The maximum absolute atomic E-state index is 3.98. The molecule has 3 nitrogen and oxygen atoms in total. The average Bonchev–Trinajstić information content (AvgIpc) is 2.65. The first-order chi connectivity index (χ1) is 9.99. The molecule has 0 saturated carbocycles. The van der Waals surface area contributed by atoms with Crippen molar-refractivity contribution in [1.82, 2.24) is 15.1 Å². The van der Waals surface area contributed by atoms with Gasteiger partial charge >= 0.3 is 0 Å². The monoisotopic (exact) mass is 295 g/mol. The summed E-state index contributed by atoms with van der Waals surface area (Å²) in [6.07, 6.45) is 8.04. The van der Waals surface area contributed by atoms with Gasteiger partial charge in [0.2, 0.25) is 0 Å². The van der Waals surface area contributed by atoms with Gasteiger partial charge in [-0.3, -0.25) is 4.90 Å². The molecule has 21 heavy (non-hydrogen) atoms. The van der Waals surface area contributed by atoms with Crippen LogP contribution >= 0.6 is 0 Å². The van der Waals surface area contributed by atoms with Gasteiger partial charge in [0.05, 0.1) is 0 Å². The molecule has 1 atom stereocenters. The van der Waals surface area contributed by atoms with Gasteiger partial charge in [0.15, 0.2) is 0 Å². The van der Waals surface area contributed by atoms with Crippen molar-refractivity contribution in [1.29, 1.82) is 0 Å². The SMILES string of the molecule is CCCN1CCCC(NC2CCN(C(C)(C)C)CC2)CC1. The van der Waals surface area contributed by atoms with Gasteiger partial charge in [0, 0.05) is 30.7 Å². The molecule has 1 N–H and O–H groups in total. The second kappa shape index (κ2) is 7.94. The van der Waals surface area contributed by atoms with Crippen molar-refractivity contribution in [3.8, 4) is 0 Å². The summed E-state index contributed by atoms with van der Waals surface area (Å²) >= 11 is 0. The van der Waals surface area contributed by atoms with Gasteiger partial charge in [-0.1, -0.05) is 6.92 Å². The van der Waals surface area contributed by atoms with E-state index in [1.807, 2.05) is 0 Å². The first-order valence-electron chi connectivity index (χ1n) is 9.22. The highest BCUT2D eigenvalue weighted by atomic mass is 15.2. The third-order valence-corrected chi connectivity index (χ3v) is 5.28. The van der Waals surface area contributed by atoms with E-state index in [2.05, 4.69) is 42.8 Å². The number of nitrogens with one attached hydrogen (secondary N) is 1. The Labute approximate surface area is 132 Å². The smallest absolute Gasteiger partial charge is 0.0125 e. The molecule has 2 aliphatic rings. The Kier molecular flexibility index (Phi) is 6.51. The zero-order valence-electron chi connectivity index (χ0n) is 14.8. The molecule has 0 aromatic heterocycles. The van der Waals surface area contributed by atoms with Crippen LogP contribution in [0, 0.1) is 0 Å². The summed E-state index contributed by atoms with van der Waals surface area (Å²) < 4.78 is 0. The Morgan fingerprint density at radius 2 is 1.52 bits per heavy atom. The van der Waals surface area contributed by atoms with Crippen LogP contribution in [0.5, 0.6) is 0 Å². The van der Waals surface area contributed by atoms with Crippen molar-refractivity contribution in [2.24, 2.45) is 0 Å². The minimum absolute atomic E-state index is 0.341.